The van der Waals surface area contributed by atoms with Crippen LogP contribution >= 0.6 is 0 Å². The normalized spacial score (nSPS) is 17.8. The van der Waals surface area contributed by atoms with Gasteiger partial charge in [-0.25, -0.2) is 0 Å². The highest BCUT2D eigenvalue weighted by Gasteiger charge is 2.30. The smallest absolute Gasteiger partial charge is 0.255 e. The first-order valence-corrected chi connectivity index (χ1v) is 15.4. The summed E-state index contributed by atoms with van der Waals surface area (Å²) in [7, 11) is 0. The van der Waals surface area contributed by atoms with Crippen LogP contribution in [0, 0.1) is 0 Å². The zero-order valence-electron chi connectivity index (χ0n) is 26.1. The van der Waals surface area contributed by atoms with Gasteiger partial charge >= 0.3 is 0 Å². The van der Waals surface area contributed by atoms with E-state index in [4.69, 9.17) is 9.47 Å². The van der Waals surface area contributed by atoms with Crippen molar-refractivity contribution in [2.75, 3.05) is 32.8 Å². The SMILES string of the molecule is CCN1CCOc2ccccc2C(=O)N[C@H](C(=O)NCCOc2ccc(C(C)C)cc2)CC(=O)N[C@H](Cc2ccccc2)C1=O. The lowest BCUT2D eigenvalue weighted by molar-refractivity contribution is -0.137. The Morgan fingerprint density at radius 1 is 0.978 bits per heavy atom. The summed E-state index contributed by atoms with van der Waals surface area (Å²) in [6.07, 6.45) is -0.104. The number of carbonyl (C=O) groups excluding carboxylic acids is 4. The number of amides is 4. The summed E-state index contributed by atoms with van der Waals surface area (Å²) >= 11 is 0. The van der Waals surface area contributed by atoms with Gasteiger partial charge in [-0.2, -0.15) is 0 Å². The largest absolute Gasteiger partial charge is 0.492 e. The summed E-state index contributed by atoms with van der Waals surface area (Å²) in [6, 6.07) is 21.7. The fourth-order valence-corrected chi connectivity index (χ4v) is 5.04. The number of para-hydroxylation sites is 1. The quantitative estimate of drug-likeness (QED) is 0.317. The summed E-state index contributed by atoms with van der Waals surface area (Å²) in [5.74, 6) is -0.509. The number of ether oxygens (including phenoxy) is 2. The van der Waals surface area contributed by atoms with Crippen LogP contribution in [0.15, 0.2) is 78.9 Å². The van der Waals surface area contributed by atoms with E-state index in [1.165, 1.54) is 5.56 Å². The molecule has 10 nitrogen and oxygen atoms in total. The van der Waals surface area contributed by atoms with Crippen molar-refractivity contribution in [2.24, 2.45) is 0 Å². The Morgan fingerprint density at radius 2 is 1.69 bits per heavy atom. The molecule has 0 bridgehead atoms. The van der Waals surface area contributed by atoms with Crippen molar-refractivity contribution >= 4 is 23.6 Å². The average Bonchev–Trinajstić information content (AvgIpc) is 3.04. The molecule has 10 heteroatoms. The molecule has 1 aliphatic heterocycles. The molecule has 4 rings (SSSR count). The van der Waals surface area contributed by atoms with Gasteiger partial charge in [-0.3, -0.25) is 19.2 Å². The molecular weight excluding hydrogens is 572 g/mol. The van der Waals surface area contributed by atoms with E-state index in [0.717, 1.165) is 5.56 Å². The van der Waals surface area contributed by atoms with Crippen LogP contribution in [0.5, 0.6) is 11.5 Å². The Bertz CT molecular complexity index is 1440. The number of hydrogen-bond acceptors (Lipinski definition) is 6. The molecule has 45 heavy (non-hydrogen) atoms. The fraction of sp³-hybridized carbons (Fsp3) is 0.371. The molecule has 4 amide bonds. The average molecular weight is 615 g/mol. The molecule has 2 atom stereocenters. The van der Waals surface area contributed by atoms with Crippen molar-refractivity contribution in [3.63, 3.8) is 0 Å². The van der Waals surface area contributed by atoms with E-state index in [-0.39, 0.29) is 50.6 Å². The number of likely N-dealkylation sites (N-methyl/N-ethyl adjacent to an activating group) is 1. The van der Waals surface area contributed by atoms with Crippen LogP contribution in [0.3, 0.4) is 0 Å². The summed E-state index contributed by atoms with van der Waals surface area (Å²) in [5, 5.41) is 8.29. The van der Waals surface area contributed by atoms with Crippen LogP contribution in [0.1, 0.15) is 54.6 Å². The molecule has 1 aliphatic rings. The second kappa shape index (κ2) is 16.3. The topological polar surface area (TPSA) is 126 Å². The van der Waals surface area contributed by atoms with E-state index in [9.17, 15) is 19.2 Å². The van der Waals surface area contributed by atoms with Crippen molar-refractivity contribution in [3.8, 4) is 11.5 Å². The molecule has 0 radical (unpaired) electrons. The van der Waals surface area contributed by atoms with E-state index in [0.29, 0.717) is 24.0 Å². The van der Waals surface area contributed by atoms with Gasteiger partial charge in [0, 0.05) is 13.0 Å². The third kappa shape index (κ3) is 9.56. The molecule has 0 fully saturated rings. The molecular formula is C35H42N4O6. The standard InChI is InChI=1S/C35H42N4O6/c1-4-39-19-21-45-31-13-9-8-12-28(31)33(41)38-29(23-32(40)37-30(35(39)43)22-25-10-6-5-7-11-25)34(42)36-18-20-44-27-16-14-26(15-17-27)24(2)3/h5-17,24,29-30H,4,18-23H2,1-3H3,(H,36,42)(H,37,40)(H,38,41)/t29-,30+/m0/s1. The number of rotatable bonds is 9. The van der Waals surface area contributed by atoms with Gasteiger partial charge in [0.15, 0.2) is 0 Å². The van der Waals surface area contributed by atoms with Gasteiger partial charge in [-0.15, -0.1) is 0 Å². The van der Waals surface area contributed by atoms with Crippen LogP contribution in [-0.2, 0) is 20.8 Å². The highest BCUT2D eigenvalue weighted by Crippen LogP contribution is 2.20. The van der Waals surface area contributed by atoms with E-state index in [2.05, 4.69) is 29.8 Å². The fourth-order valence-electron chi connectivity index (χ4n) is 5.04. The Labute approximate surface area is 264 Å². The van der Waals surface area contributed by atoms with E-state index < -0.39 is 29.8 Å². The minimum absolute atomic E-state index is 0.139. The van der Waals surface area contributed by atoms with Crippen molar-refractivity contribution in [2.45, 2.75) is 51.6 Å². The lowest BCUT2D eigenvalue weighted by atomic mass is 10.0. The summed E-state index contributed by atoms with van der Waals surface area (Å²) in [4.78, 5) is 55.4. The zero-order valence-corrected chi connectivity index (χ0v) is 26.1. The Hall–Kier alpha value is -4.86. The van der Waals surface area contributed by atoms with Crippen LogP contribution < -0.4 is 25.4 Å². The molecule has 0 spiro atoms. The molecule has 0 aromatic heterocycles. The molecule has 0 saturated heterocycles. The maximum absolute atomic E-state index is 13.6. The molecule has 0 unspecified atom stereocenters. The first-order chi connectivity index (χ1) is 21.7. The number of fused-ring (bicyclic) bond motifs is 1. The summed E-state index contributed by atoms with van der Waals surface area (Å²) < 4.78 is 11.7. The molecule has 3 aromatic carbocycles. The van der Waals surface area contributed by atoms with Crippen LogP contribution in [0.2, 0.25) is 0 Å². The number of benzene rings is 3. The minimum Gasteiger partial charge on any atom is -0.492 e. The van der Waals surface area contributed by atoms with Crippen molar-refractivity contribution in [3.05, 3.63) is 95.6 Å². The summed E-state index contributed by atoms with van der Waals surface area (Å²) in [6.45, 7) is 7.23. The predicted octanol–water partition coefficient (Wildman–Crippen LogP) is 3.46. The van der Waals surface area contributed by atoms with Crippen LogP contribution in [-0.4, -0.2) is 73.5 Å². The lowest BCUT2D eigenvalue weighted by Gasteiger charge is -2.28. The van der Waals surface area contributed by atoms with Gasteiger partial charge in [-0.1, -0.05) is 68.4 Å². The van der Waals surface area contributed by atoms with Crippen molar-refractivity contribution in [1.82, 2.24) is 20.9 Å². The highest BCUT2D eigenvalue weighted by molar-refractivity contribution is 6.01. The minimum atomic E-state index is -1.21. The zero-order chi connectivity index (χ0) is 32.2. The maximum Gasteiger partial charge on any atom is 0.255 e. The van der Waals surface area contributed by atoms with Crippen LogP contribution in [0.25, 0.3) is 0 Å². The molecule has 3 aromatic rings. The van der Waals surface area contributed by atoms with Gasteiger partial charge in [0.1, 0.15) is 36.8 Å². The second-order valence-corrected chi connectivity index (χ2v) is 11.2. The van der Waals surface area contributed by atoms with Gasteiger partial charge < -0.3 is 30.3 Å². The molecule has 0 saturated carbocycles. The third-order valence-electron chi connectivity index (χ3n) is 7.59. The van der Waals surface area contributed by atoms with Crippen molar-refractivity contribution in [1.29, 1.82) is 0 Å². The van der Waals surface area contributed by atoms with Crippen LogP contribution in [0.4, 0.5) is 0 Å². The Morgan fingerprint density at radius 3 is 2.40 bits per heavy atom. The first-order valence-electron chi connectivity index (χ1n) is 15.4. The van der Waals surface area contributed by atoms with Gasteiger partial charge in [0.05, 0.1) is 25.1 Å². The first kappa shape index (κ1) is 33.0. The molecule has 238 valence electrons. The Balaban J connectivity index is 1.50. The number of nitrogens with zero attached hydrogens (tertiary/aromatic N) is 1. The predicted molar refractivity (Wildman–Crippen MR) is 171 cm³/mol. The van der Waals surface area contributed by atoms with Crippen molar-refractivity contribution < 1.29 is 28.7 Å². The molecule has 3 N–H and O–H groups in total. The van der Waals surface area contributed by atoms with Gasteiger partial charge in [0.25, 0.3) is 5.91 Å². The second-order valence-electron chi connectivity index (χ2n) is 11.2. The number of carbonyl (C=O) groups is 4. The number of hydrogen-bond donors (Lipinski definition) is 3. The van der Waals surface area contributed by atoms with E-state index >= 15 is 0 Å². The lowest BCUT2D eigenvalue weighted by Crippen LogP contribution is -2.54. The third-order valence-corrected chi connectivity index (χ3v) is 7.59. The Kier molecular flexibility index (Phi) is 12.0. The highest BCUT2D eigenvalue weighted by atomic mass is 16.5. The number of nitrogens with one attached hydrogen (secondary N) is 3. The monoisotopic (exact) mass is 614 g/mol. The van der Waals surface area contributed by atoms with E-state index in [1.54, 1.807) is 29.2 Å². The van der Waals surface area contributed by atoms with Gasteiger partial charge in [-0.05, 0) is 48.2 Å². The van der Waals surface area contributed by atoms with E-state index in [1.807, 2.05) is 61.5 Å². The summed E-state index contributed by atoms with van der Waals surface area (Å²) in [5.41, 5.74) is 2.29. The molecule has 0 aliphatic carbocycles. The molecule has 1 heterocycles. The maximum atomic E-state index is 13.6. The van der Waals surface area contributed by atoms with Gasteiger partial charge in [0.2, 0.25) is 17.7 Å².